The molecule has 0 saturated heterocycles. The van der Waals surface area contributed by atoms with Gasteiger partial charge in [-0.2, -0.15) is 0 Å². The van der Waals surface area contributed by atoms with Gasteiger partial charge in [-0.15, -0.1) is 0 Å². The van der Waals surface area contributed by atoms with Crippen LogP contribution in [0.5, 0.6) is 0 Å². The maximum Gasteiger partial charge on any atom is 0.338 e. The number of benzene rings is 2. The van der Waals surface area contributed by atoms with E-state index < -0.39 is 11.9 Å². The van der Waals surface area contributed by atoms with Gasteiger partial charge in [0.25, 0.3) is 5.91 Å². The van der Waals surface area contributed by atoms with E-state index in [2.05, 4.69) is 5.32 Å². The van der Waals surface area contributed by atoms with E-state index in [9.17, 15) is 9.59 Å². The zero-order valence-electron chi connectivity index (χ0n) is 14.0. The highest BCUT2D eigenvalue weighted by Crippen LogP contribution is 2.22. The molecule has 0 saturated carbocycles. The summed E-state index contributed by atoms with van der Waals surface area (Å²) in [4.78, 5) is 24.0. The summed E-state index contributed by atoms with van der Waals surface area (Å²) in [7, 11) is 0. The molecule has 0 radical (unpaired) electrons. The van der Waals surface area contributed by atoms with Crippen LogP contribution in [0, 0.1) is 20.8 Å². The first-order valence-electron chi connectivity index (χ1n) is 7.47. The van der Waals surface area contributed by atoms with Crippen LogP contribution in [0.2, 0.25) is 0 Å². The quantitative estimate of drug-likeness (QED) is 0.591. The van der Waals surface area contributed by atoms with Crippen LogP contribution in [0.15, 0.2) is 30.3 Å². The van der Waals surface area contributed by atoms with Crippen molar-refractivity contribution in [3.63, 3.8) is 0 Å². The van der Waals surface area contributed by atoms with Crippen molar-refractivity contribution in [2.24, 2.45) is 0 Å². The Labute approximate surface area is 140 Å². The number of nitrogens with two attached hydrogens (primary N) is 2. The minimum Gasteiger partial charge on any atom is -0.452 e. The lowest BCUT2D eigenvalue weighted by atomic mass is 10.1. The molecule has 24 heavy (non-hydrogen) atoms. The van der Waals surface area contributed by atoms with Crippen molar-refractivity contribution in [1.82, 2.24) is 0 Å². The summed E-state index contributed by atoms with van der Waals surface area (Å²) in [6.45, 7) is 5.43. The molecular formula is C18H21N3O3. The maximum absolute atomic E-state index is 12.0. The second-order valence-corrected chi connectivity index (χ2v) is 5.79. The Hall–Kier alpha value is -3.02. The lowest BCUT2D eigenvalue weighted by Crippen LogP contribution is -2.22. The van der Waals surface area contributed by atoms with Gasteiger partial charge in [0.15, 0.2) is 6.61 Å². The minimum absolute atomic E-state index is 0.211. The van der Waals surface area contributed by atoms with E-state index in [1.165, 1.54) is 18.2 Å². The van der Waals surface area contributed by atoms with E-state index in [0.29, 0.717) is 11.4 Å². The molecule has 0 aliphatic heterocycles. The SMILES string of the molecule is Cc1cc(C)c(NC(=O)COC(=O)c2cc(N)cc(N)c2)c(C)c1. The molecule has 1 amide bonds. The Bertz CT molecular complexity index is 757. The average molecular weight is 327 g/mol. The number of ether oxygens (including phenoxy) is 1. The van der Waals surface area contributed by atoms with Crippen molar-refractivity contribution in [2.45, 2.75) is 20.8 Å². The first-order valence-corrected chi connectivity index (χ1v) is 7.47. The predicted octanol–water partition coefficient (Wildman–Crippen LogP) is 2.57. The van der Waals surface area contributed by atoms with Gasteiger partial charge in [0.1, 0.15) is 0 Å². The Morgan fingerprint density at radius 3 is 2.04 bits per heavy atom. The molecule has 0 aliphatic rings. The molecular weight excluding hydrogens is 306 g/mol. The van der Waals surface area contributed by atoms with Crippen molar-refractivity contribution in [2.75, 3.05) is 23.4 Å². The van der Waals surface area contributed by atoms with Crippen molar-refractivity contribution in [1.29, 1.82) is 0 Å². The lowest BCUT2D eigenvalue weighted by molar-refractivity contribution is -0.119. The Morgan fingerprint density at radius 1 is 0.958 bits per heavy atom. The van der Waals surface area contributed by atoms with E-state index in [0.717, 1.165) is 22.4 Å². The van der Waals surface area contributed by atoms with E-state index in [1.54, 1.807) is 0 Å². The molecule has 126 valence electrons. The molecule has 0 heterocycles. The van der Waals surface area contributed by atoms with Gasteiger partial charge in [0.05, 0.1) is 5.56 Å². The lowest BCUT2D eigenvalue weighted by Gasteiger charge is -2.13. The van der Waals surface area contributed by atoms with Crippen molar-refractivity contribution >= 4 is 28.9 Å². The summed E-state index contributed by atoms with van der Waals surface area (Å²) >= 11 is 0. The number of aryl methyl sites for hydroxylation is 3. The van der Waals surface area contributed by atoms with Gasteiger partial charge in [-0.1, -0.05) is 17.7 Å². The molecule has 0 unspecified atom stereocenters. The van der Waals surface area contributed by atoms with Gasteiger partial charge < -0.3 is 21.5 Å². The van der Waals surface area contributed by atoms with Crippen LogP contribution in [-0.2, 0) is 9.53 Å². The van der Waals surface area contributed by atoms with E-state index in [-0.39, 0.29) is 12.2 Å². The first-order chi connectivity index (χ1) is 11.3. The summed E-state index contributed by atoms with van der Waals surface area (Å²) in [6.07, 6.45) is 0. The standard InChI is InChI=1S/C18H21N3O3/c1-10-4-11(2)17(12(3)5-10)21-16(22)9-24-18(23)13-6-14(19)8-15(20)7-13/h4-8H,9,19-20H2,1-3H3,(H,21,22). The fourth-order valence-corrected chi connectivity index (χ4v) is 2.56. The second kappa shape index (κ2) is 7.04. The van der Waals surface area contributed by atoms with Gasteiger partial charge in [-0.25, -0.2) is 4.79 Å². The van der Waals surface area contributed by atoms with Crippen LogP contribution in [0.3, 0.4) is 0 Å². The molecule has 0 aromatic heterocycles. The molecule has 5 N–H and O–H groups in total. The first kappa shape index (κ1) is 17.3. The van der Waals surface area contributed by atoms with Crippen LogP contribution >= 0.6 is 0 Å². The van der Waals surface area contributed by atoms with Crippen molar-refractivity contribution < 1.29 is 14.3 Å². The monoisotopic (exact) mass is 327 g/mol. The number of rotatable bonds is 4. The summed E-state index contributed by atoms with van der Waals surface area (Å²) in [5.41, 5.74) is 16.0. The third-order valence-corrected chi connectivity index (χ3v) is 3.49. The Morgan fingerprint density at radius 2 is 1.50 bits per heavy atom. The highest BCUT2D eigenvalue weighted by Gasteiger charge is 2.13. The summed E-state index contributed by atoms with van der Waals surface area (Å²) < 4.78 is 5.01. The molecule has 0 atom stereocenters. The zero-order valence-corrected chi connectivity index (χ0v) is 14.0. The summed E-state index contributed by atoms with van der Waals surface area (Å²) in [5, 5.41) is 2.77. The molecule has 6 nitrogen and oxygen atoms in total. The van der Waals surface area contributed by atoms with Gasteiger partial charge in [0.2, 0.25) is 0 Å². The Kier molecular flexibility index (Phi) is 5.08. The Balaban J connectivity index is 2.00. The van der Waals surface area contributed by atoms with Crippen molar-refractivity contribution in [3.05, 3.63) is 52.6 Å². The highest BCUT2D eigenvalue weighted by atomic mass is 16.5. The average Bonchev–Trinajstić information content (AvgIpc) is 2.47. The number of nitrogens with one attached hydrogen (secondary N) is 1. The van der Waals surface area contributed by atoms with Crippen LogP contribution in [-0.4, -0.2) is 18.5 Å². The maximum atomic E-state index is 12.0. The number of hydrogen-bond donors (Lipinski definition) is 3. The largest absolute Gasteiger partial charge is 0.452 e. The topological polar surface area (TPSA) is 107 Å². The molecule has 6 heteroatoms. The van der Waals surface area contributed by atoms with Crippen LogP contribution < -0.4 is 16.8 Å². The highest BCUT2D eigenvalue weighted by molar-refractivity contribution is 5.97. The number of anilines is 3. The van der Waals surface area contributed by atoms with Gasteiger partial charge in [-0.05, 0) is 50.1 Å². The minimum atomic E-state index is -0.651. The normalized spacial score (nSPS) is 10.3. The van der Waals surface area contributed by atoms with Crippen molar-refractivity contribution in [3.8, 4) is 0 Å². The number of nitrogen functional groups attached to an aromatic ring is 2. The fourth-order valence-electron chi connectivity index (χ4n) is 2.56. The zero-order chi connectivity index (χ0) is 17.9. The summed E-state index contributed by atoms with van der Waals surface area (Å²) in [6, 6.07) is 8.39. The molecule has 0 spiro atoms. The smallest absolute Gasteiger partial charge is 0.338 e. The fraction of sp³-hybridized carbons (Fsp3) is 0.222. The van der Waals surface area contributed by atoms with Gasteiger partial charge in [0, 0.05) is 17.1 Å². The number of esters is 1. The third kappa shape index (κ3) is 4.25. The van der Waals surface area contributed by atoms with Gasteiger partial charge in [-0.3, -0.25) is 4.79 Å². The number of hydrogen-bond acceptors (Lipinski definition) is 5. The molecule has 2 aromatic rings. The van der Waals surface area contributed by atoms with Crippen LogP contribution in [0.1, 0.15) is 27.0 Å². The van der Waals surface area contributed by atoms with Crippen LogP contribution in [0.4, 0.5) is 17.1 Å². The van der Waals surface area contributed by atoms with E-state index in [4.69, 9.17) is 16.2 Å². The molecule has 0 aliphatic carbocycles. The number of carbonyl (C=O) groups excluding carboxylic acids is 2. The molecule has 2 rings (SSSR count). The molecule has 0 fully saturated rings. The van der Waals surface area contributed by atoms with Gasteiger partial charge >= 0.3 is 5.97 Å². The second-order valence-electron chi connectivity index (χ2n) is 5.79. The number of carbonyl (C=O) groups is 2. The van der Waals surface area contributed by atoms with E-state index >= 15 is 0 Å². The summed E-state index contributed by atoms with van der Waals surface area (Å²) in [5.74, 6) is -1.06. The predicted molar refractivity (Wildman–Crippen MR) is 94.8 cm³/mol. The molecule has 2 aromatic carbocycles. The van der Waals surface area contributed by atoms with Crippen LogP contribution in [0.25, 0.3) is 0 Å². The third-order valence-electron chi connectivity index (χ3n) is 3.49. The van der Waals surface area contributed by atoms with E-state index in [1.807, 2.05) is 32.9 Å². The molecule has 0 bridgehead atoms. The number of amides is 1.